The second-order valence-corrected chi connectivity index (χ2v) is 7.16. The summed E-state index contributed by atoms with van der Waals surface area (Å²) in [6, 6.07) is 5.86. The van der Waals surface area contributed by atoms with Crippen molar-refractivity contribution in [3.8, 4) is 0 Å². The Morgan fingerprint density at radius 1 is 1.27 bits per heavy atom. The third-order valence-electron chi connectivity index (χ3n) is 3.48. The average Bonchev–Trinajstić information content (AvgIpc) is 2.71. The van der Waals surface area contributed by atoms with Crippen molar-refractivity contribution in [3.05, 3.63) is 41.1 Å². The molecule has 0 aliphatic rings. The number of benzene rings is 1. The van der Waals surface area contributed by atoms with Gasteiger partial charge in [-0.25, -0.2) is 8.42 Å². The molecule has 0 spiro atoms. The molecule has 0 unspecified atom stereocenters. The lowest BCUT2D eigenvalue weighted by atomic mass is 10.1. The van der Waals surface area contributed by atoms with Crippen molar-refractivity contribution in [1.29, 1.82) is 0 Å². The van der Waals surface area contributed by atoms with Gasteiger partial charge >= 0.3 is 0 Å². The van der Waals surface area contributed by atoms with Gasteiger partial charge in [0.15, 0.2) is 9.84 Å². The average molecular weight is 321 g/mol. The summed E-state index contributed by atoms with van der Waals surface area (Å²) in [6.45, 7) is 3.90. The van der Waals surface area contributed by atoms with Crippen LogP contribution in [0.2, 0.25) is 0 Å². The van der Waals surface area contributed by atoms with Gasteiger partial charge in [-0.1, -0.05) is 6.92 Å². The summed E-state index contributed by atoms with van der Waals surface area (Å²) in [7, 11) is -1.49. The van der Waals surface area contributed by atoms with Crippen LogP contribution in [0.5, 0.6) is 0 Å². The van der Waals surface area contributed by atoms with Gasteiger partial charge in [0.25, 0.3) is 5.91 Å². The number of aryl methyl sites for hydroxylation is 2. The highest BCUT2D eigenvalue weighted by Crippen LogP contribution is 2.20. The molecule has 1 aromatic heterocycles. The standard InChI is InChI=1S/C15H19N3O3S/c1-5-13-10(2)17-18(3)14(13)16-15(19)11-6-8-12(9-7-11)22(4,20)21/h6-9H,5H2,1-4H3,(H,16,19). The summed E-state index contributed by atoms with van der Waals surface area (Å²) < 4.78 is 24.5. The molecule has 0 saturated heterocycles. The number of hydrogen-bond acceptors (Lipinski definition) is 4. The first-order chi connectivity index (χ1) is 10.2. The molecule has 6 nitrogen and oxygen atoms in total. The van der Waals surface area contributed by atoms with E-state index in [1.807, 2.05) is 13.8 Å². The molecule has 2 aromatic rings. The Labute approximate surface area is 130 Å². The number of rotatable bonds is 4. The van der Waals surface area contributed by atoms with Crippen LogP contribution in [-0.2, 0) is 23.3 Å². The first-order valence-electron chi connectivity index (χ1n) is 6.88. The zero-order valence-electron chi connectivity index (χ0n) is 13.0. The minimum absolute atomic E-state index is 0.190. The third-order valence-corrected chi connectivity index (χ3v) is 4.60. The molecule has 0 fully saturated rings. The molecule has 0 radical (unpaired) electrons. The molecule has 22 heavy (non-hydrogen) atoms. The topological polar surface area (TPSA) is 81.1 Å². The first kappa shape index (κ1) is 16.2. The van der Waals surface area contributed by atoms with E-state index in [0.717, 1.165) is 23.9 Å². The van der Waals surface area contributed by atoms with Crippen LogP contribution in [0.15, 0.2) is 29.2 Å². The van der Waals surface area contributed by atoms with Gasteiger partial charge in [-0.2, -0.15) is 5.10 Å². The Bertz CT molecular complexity index is 805. The maximum absolute atomic E-state index is 12.3. The summed E-state index contributed by atoms with van der Waals surface area (Å²) in [5.74, 6) is 0.370. The predicted octanol–water partition coefficient (Wildman–Crippen LogP) is 1.95. The van der Waals surface area contributed by atoms with Crippen LogP contribution in [0.4, 0.5) is 5.82 Å². The lowest BCUT2D eigenvalue weighted by Crippen LogP contribution is -2.15. The summed E-state index contributed by atoms with van der Waals surface area (Å²) in [4.78, 5) is 12.5. The van der Waals surface area contributed by atoms with E-state index in [4.69, 9.17) is 0 Å². The van der Waals surface area contributed by atoms with E-state index in [9.17, 15) is 13.2 Å². The van der Waals surface area contributed by atoms with E-state index in [2.05, 4.69) is 10.4 Å². The Kier molecular flexibility index (Phi) is 4.37. The van der Waals surface area contributed by atoms with Gasteiger partial charge in [0.2, 0.25) is 0 Å². The van der Waals surface area contributed by atoms with E-state index in [1.54, 1.807) is 11.7 Å². The number of sulfone groups is 1. The van der Waals surface area contributed by atoms with Gasteiger partial charge in [0, 0.05) is 24.4 Å². The third kappa shape index (κ3) is 3.19. The first-order valence-corrected chi connectivity index (χ1v) is 8.77. The maximum atomic E-state index is 12.3. The smallest absolute Gasteiger partial charge is 0.256 e. The number of carbonyl (C=O) groups excluding carboxylic acids is 1. The number of carbonyl (C=O) groups is 1. The van der Waals surface area contributed by atoms with Gasteiger partial charge in [0.1, 0.15) is 5.82 Å². The van der Waals surface area contributed by atoms with Gasteiger partial charge in [0.05, 0.1) is 10.6 Å². The summed E-state index contributed by atoms with van der Waals surface area (Å²) >= 11 is 0. The van der Waals surface area contributed by atoms with Crippen molar-refractivity contribution < 1.29 is 13.2 Å². The molecule has 0 atom stereocenters. The van der Waals surface area contributed by atoms with Gasteiger partial charge in [-0.3, -0.25) is 9.48 Å². The second-order valence-electron chi connectivity index (χ2n) is 5.14. The van der Waals surface area contributed by atoms with Crippen LogP contribution >= 0.6 is 0 Å². The number of amides is 1. The highest BCUT2D eigenvalue weighted by molar-refractivity contribution is 7.90. The molecule has 0 bridgehead atoms. The molecule has 2 rings (SSSR count). The normalized spacial score (nSPS) is 11.5. The number of aromatic nitrogens is 2. The summed E-state index contributed by atoms with van der Waals surface area (Å²) in [6.07, 6.45) is 1.90. The molecule has 1 N–H and O–H groups in total. The predicted molar refractivity (Wildman–Crippen MR) is 84.8 cm³/mol. The minimum Gasteiger partial charge on any atom is -0.307 e. The molecule has 0 saturated carbocycles. The monoisotopic (exact) mass is 321 g/mol. The lowest BCUT2D eigenvalue weighted by molar-refractivity contribution is 0.102. The maximum Gasteiger partial charge on any atom is 0.256 e. The van der Waals surface area contributed by atoms with Crippen LogP contribution in [0.3, 0.4) is 0 Å². The molecule has 1 aromatic carbocycles. The van der Waals surface area contributed by atoms with E-state index in [-0.39, 0.29) is 10.8 Å². The number of hydrogen-bond donors (Lipinski definition) is 1. The molecule has 7 heteroatoms. The fourth-order valence-electron chi connectivity index (χ4n) is 2.31. The molecular weight excluding hydrogens is 302 g/mol. The molecule has 1 amide bonds. The van der Waals surface area contributed by atoms with E-state index < -0.39 is 9.84 Å². The van der Waals surface area contributed by atoms with Crippen molar-refractivity contribution in [2.24, 2.45) is 7.05 Å². The molecule has 0 aliphatic carbocycles. The lowest BCUT2D eigenvalue weighted by Gasteiger charge is -2.08. The quantitative estimate of drug-likeness (QED) is 0.933. The van der Waals surface area contributed by atoms with Crippen LogP contribution in [0.25, 0.3) is 0 Å². The molecule has 118 valence electrons. The largest absolute Gasteiger partial charge is 0.307 e. The Morgan fingerprint density at radius 3 is 2.36 bits per heavy atom. The van der Waals surface area contributed by atoms with Gasteiger partial charge < -0.3 is 5.32 Å². The highest BCUT2D eigenvalue weighted by Gasteiger charge is 2.16. The van der Waals surface area contributed by atoms with E-state index in [1.165, 1.54) is 24.3 Å². The Morgan fingerprint density at radius 2 is 1.86 bits per heavy atom. The van der Waals surface area contributed by atoms with E-state index in [0.29, 0.717) is 11.4 Å². The van der Waals surface area contributed by atoms with Gasteiger partial charge in [-0.05, 0) is 37.6 Å². The highest BCUT2D eigenvalue weighted by atomic mass is 32.2. The van der Waals surface area contributed by atoms with E-state index >= 15 is 0 Å². The van der Waals surface area contributed by atoms with Crippen LogP contribution in [0.1, 0.15) is 28.5 Å². The fourth-order valence-corrected chi connectivity index (χ4v) is 2.95. The number of nitrogens with zero attached hydrogens (tertiary/aromatic N) is 2. The zero-order valence-corrected chi connectivity index (χ0v) is 13.9. The van der Waals surface area contributed by atoms with Crippen molar-refractivity contribution in [2.75, 3.05) is 11.6 Å². The van der Waals surface area contributed by atoms with Crippen LogP contribution in [0, 0.1) is 6.92 Å². The minimum atomic E-state index is -3.26. The zero-order chi connectivity index (χ0) is 16.5. The van der Waals surface area contributed by atoms with Crippen molar-refractivity contribution >= 4 is 21.6 Å². The molecule has 1 heterocycles. The number of nitrogens with one attached hydrogen (secondary N) is 1. The van der Waals surface area contributed by atoms with Crippen molar-refractivity contribution in [3.63, 3.8) is 0 Å². The van der Waals surface area contributed by atoms with Crippen molar-refractivity contribution in [1.82, 2.24) is 9.78 Å². The number of anilines is 1. The SMILES string of the molecule is CCc1c(C)nn(C)c1NC(=O)c1ccc(S(C)(=O)=O)cc1. The van der Waals surface area contributed by atoms with Crippen molar-refractivity contribution in [2.45, 2.75) is 25.2 Å². The van der Waals surface area contributed by atoms with Gasteiger partial charge in [-0.15, -0.1) is 0 Å². The van der Waals surface area contributed by atoms with Crippen LogP contribution in [-0.4, -0.2) is 30.4 Å². The Hall–Kier alpha value is -2.15. The second kappa shape index (κ2) is 5.92. The summed E-state index contributed by atoms with van der Waals surface area (Å²) in [5, 5.41) is 7.13. The fraction of sp³-hybridized carbons (Fsp3) is 0.333. The van der Waals surface area contributed by atoms with Crippen LogP contribution < -0.4 is 5.32 Å². The summed E-state index contributed by atoms with van der Waals surface area (Å²) in [5.41, 5.74) is 2.27. The Balaban J connectivity index is 2.27. The molecule has 0 aliphatic heterocycles. The molecular formula is C15H19N3O3S.